The van der Waals surface area contributed by atoms with E-state index < -0.39 is 0 Å². The van der Waals surface area contributed by atoms with Gasteiger partial charge in [0.2, 0.25) is 0 Å². The van der Waals surface area contributed by atoms with Crippen LogP contribution < -0.4 is 10.1 Å². The van der Waals surface area contributed by atoms with Crippen molar-refractivity contribution in [3.05, 3.63) is 71.5 Å². The maximum Gasteiger partial charge on any atom is 0.298 e. The number of nitrogens with one attached hydrogen (secondary N) is 1. The third kappa shape index (κ3) is 5.11. The molecule has 26 heavy (non-hydrogen) atoms. The lowest BCUT2D eigenvalue weighted by Gasteiger charge is -2.05. The molecule has 0 saturated heterocycles. The number of amides is 1. The fraction of sp³-hybridized carbons (Fsp3) is 0.211. The summed E-state index contributed by atoms with van der Waals surface area (Å²) >= 11 is 1.21. The standard InChI is InChI=1S/C19H19N3O3S/c1-24-12-11-20-18(23)15-7-9-16(10-8-15)25-19-21-17(22-26-19)13-14-5-3-2-4-6-14/h2-10H,11-13H2,1H3,(H,20,23). The summed E-state index contributed by atoms with van der Waals surface area (Å²) in [6.07, 6.45) is 0.668. The second-order valence-corrected chi connectivity index (χ2v) is 6.23. The average molecular weight is 369 g/mol. The molecule has 0 aliphatic rings. The SMILES string of the molecule is COCCNC(=O)c1ccc(Oc2nc(Cc3ccccc3)ns2)cc1. The van der Waals surface area contributed by atoms with E-state index in [1.165, 1.54) is 11.5 Å². The third-order valence-corrected chi connectivity index (χ3v) is 4.20. The van der Waals surface area contributed by atoms with Crippen molar-refractivity contribution < 1.29 is 14.3 Å². The first kappa shape index (κ1) is 18.0. The van der Waals surface area contributed by atoms with Gasteiger partial charge in [-0.25, -0.2) is 0 Å². The zero-order chi connectivity index (χ0) is 18.2. The molecule has 0 radical (unpaired) electrons. The van der Waals surface area contributed by atoms with E-state index in [4.69, 9.17) is 9.47 Å². The predicted molar refractivity (Wildman–Crippen MR) is 99.9 cm³/mol. The van der Waals surface area contributed by atoms with Crippen LogP contribution in [0.3, 0.4) is 0 Å². The molecule has 3 rings (SSSR count). The molecule has 1 amide bonds. The summed E-state index contributed by atoms with van der Waals surface area (Å²) in [4.78, 5) is 16.3. The molecular formula is C19H19N3O3S. The lowest BCUT2D eigenvalue weighted by Crippen LogP contribution is -2.26. The van der Waals surface area contributed by atoms with Crippen LogP contribution in [-0.2, 0) is 11.2 Å². The fourth-order valence-corrected chi connectivity index (χ4v) is 2.84. The highest BCUT2D eigenvalue weighted by Gasteiger charge is 2.09. The van der Waals surface area contributed by atoms with Crippen LogP contribution >= 0.6 is 11.5 Å². The van der Waals surface area contributed by atoms with Crippen LogP contribution in [0.15, 0.2) is 54.6 Å². The Balaban J connectivity index is 1.57. The van der Waals surface area contributed by atoms with Gasteiger partial charge in [-0.1, -0.05) is 30.3 Å². The van der Waals surface area contributed by atoms with E-state index >= 15 is 0 Å². The Kier molecular flexibility index (Phi) is 6.29. The van der Waals surface area contributed by atoms with E-state index in [0.717, 1.165) is 11.4 Å². The molecule has 0 fully saturated rings. The monoisotopic (exact) mass is 369 g/mol. The number of carbonyl (C=O) groups is 1. The van der Waals surface area contributed by atoms with E-state index in [-0.39, 0.29) is 5.91 Å². The van der Waals surface area contributed by atoms with Gasteiger partial charge in [0.1, 0.15) is 5.75 Å². The minimum Gasteiger partial charge on any atom is -0.430 e. The lowest BCUT2D eigenvalue weighted by atomic mass is 10.1. The largest absolute Gasteiger partial charge is 0.430 e. The number of aromatic nitrogens is 2. The molecule has 3 aromatic rings. The molecule has 0 spiro atoms. The molecule has 0 bridgehead atoms. The second-order valence-electron chi connectivity index (χ2n) is 5.51. The lowest BCUT2D eigenvalue weighted by molar-refractivity contribution is 0.0937. The van der Waals surface area contributed by atoms with Crippen LogP contribution in [-0.4, -0.2) is 35.5 Å². The summed E-state index contributed by atoms with van der Waals surface area (Å²) in [6, 6.07) is 16.9. The number of ether oxygens (including phenoxy) is 2. The number of hydrogen-bond donors (Lipinski definition) is 1. The first-order chi connectivity index (χ1) is 12.7. The summed E-state index contributed by atoms with van der Waals surface area (Å²) < 4.78 is 15.0. The molecule has 0 aliphatic carbocycles. The average Bonchev–Trinajstić information content (AvgIpc) is 3.10. The van der Waals surface area contributed by atoms with Gasteiger partial charge < -0.3 is 14.8 Å². The summed E-state index contributed by atoms with van der Waals surface area (Å²) in [5.41, 5.74) is 1.72. The van der Waals surface area contributed by atoms with Gasteiger partial charge in [0, 0.05) is 37.2 Å². The van der Waals surface area contributed by atoms with Gasteiger partial charge in [0.05, 0.1) is 6.61 Å². The molecule has 6 nitrogen and oxygen atoms in total. The van der Waals surface area contributed by atoms with Gasteiger partial charge in [0.25, 0.3) is 11.1 Å². The van der Waals surface area contributed by atoms with Crippen molar-refractivity contribution in [3.63, 3.8) is 0 Å². The van der Waals surface area contributed by atoms with Gasteiger partial charge >= 0.3 is 0 Å². The molecule has 0 unspecified atom stereocenters. The topological polar surface area (TPSA) is 73.3 Å². The normalized spacial score (nSPS) is 10.5. The van der Waals surface area contributed by atoms with Gasteiger partial charge in [-0.05, 0) is 29.8 Å². The van der Waals surface area contributed by atoms with Crippen molar-refractivity contribution in [3.8, 4) is 10.9 Å². The van der Waals surface area contributed by atoms with Crippen LogP contribution in [0.5, 0.6) is 10.9 Å². The quantitative estimate of drug-likeness (QED) is 0.617. The van der Waals surface area contributed by atoms with Crippen LogP contribution in [0.25, 0.3) is 0 Å². The minimum absolute atomic E-state index is 0.144. The number of methoxy groups -OCH3 is 1. The molecule has 0 aliphatic heterocycles. The van der Waals surface area contributed by atoms with Crippen molar-refractivity contribution in [2.24, 2.45) is 0 Å². The highest BCUT2D eigenvalue weighted by Crippen LogP contribution is 2.24. The van der Waals surface area contributed by atoms with Crippen LogP contribution in [0.1, 0.15) is 21.7 Å². The first-order valence-corrected chi connectivity index (χ1v) is 8.93. The Hall–Kier alpha value is -2.77. The van der Waals surface area contributed by atoms with Gasteiger partial charge in [-0.3, -0.25) is 4.79 Å². The molecule has 0 atom stereocenters. The van der Waals surface area contributed by atoms with Crippen LogP contribution in [0.2, 0.25) is 0 Å². The van der Waals surface area contributed by atoms with Crippen LogP contribution in [0.4, 0.5) is 0 Å². The summed E-state index contributed by atoms with van der Waals surface area (Å²) in [5, 5.41) is 3.25. The van der Waals surface area contributed by atoms with Crippen molar-refractivity contribution in [1.82, 2.24) is 14.7 Å². The number of rotatable bonds is 8. The van der Waals surface area contributed by atoms with E-state index in [1.54, 1.807) is 31.4 Å². The van der Waals surface area contributed by atoms with E-state index in [1.807, 2.05) is 30.3 Å². The summed E-state index contributed by atoms with van der Waals surface area (Å²) in [7, 11) is 1.59. The second kappa shape index (κ2) is 9.07. The highest BCUT2D eigenvalue weighted by atomic mass is 32.1. The van der Waals surface area contributed by atoms with Gasteiger partial charge in [-0.15, -0.1) is 0 Å². The van der Waals surface area contributed by atoms with Gasteiger partial charge in [0.15, 0.2) is 5.82 Å². The number of benzene rings is 2. The highest BCUT2D eigenvalue weighted by molar-refractivity contribution is 7.07. The van der Waals surface area contributed by atoms with Crippen molar-refractivity contribution in [2.45, 2.75) is 6.42 Å². The Bertz CT molecular complexity index is 835. The smallest absolute Gasteiger partial charge is 0.298 e. The Morgan fingerprint density at radius 1 is 1.12 bits per heavy atom. The van der Waals surface area contributed by atoms with E-state index in [0.29, 0.717) is 36.1 Å². The Labute approximate surface area is 156 Å². The molecule has 1 aromatic heterocycles. The molecule has 1 N–H and O–H groups in total. The maximum atomic E-state index is 11.9. The van der Waals surface area contributed by atoms with E-state index in [2.05, 4.69) is 14.7 Å². The number of hydrogen-bond acceptors (Lipinski definition) is 6. The molecular weight excluding hydrogens is 350 g/mol. The zero-order valence-electron chi connectivity index (χ0n) is 14.3. The Morgan fingerprint density at radius 3 is 2.62 bits per heavy atom. The predicted octanol–water partition coefficient (Wildman–Crippen LogP) is 3.30. The van der Waals surface area contributed by atoms with Crippen molar-refractivity contribution in [2.75, 3.05) is 20.3 Å². The Morgan fingerprint density at radius 2 is 1.88 bits per heavy atom. The fourth-order valence-electron chi connectivity index (χ4n) is 2.27. The number of carbonyl (C=O) groups excluding carboxylic acids is 1. The molecule has 134 valence electrons. The maximum absolute atomic E-state index is 11.9. The minimum atomic E-state index is -0.144. The molecule has 1 heterocycles. The third-order valence-electron chi connectivity index (χ3n) is 3.57. The first-order valence-electron chi connectivity index (χ1n) is 8.16. The summed E-state index contributed by atoms with van der Waals surface area (Å²) in [5.74, 6) is 1.20. The number of nitrogens with zero attached hydrogens (tertiary/aromatic N) is 2. The van der Waals surface area contributed by atoms with Crippen molar-refractivity contribution >= 4 is 17.4 Å². The van der Waals surface area contributed by atoms with Gasteiger partial charge in [-0.2, -0.15) is 9.36 Å². The molecule has 0 saturated carbocycles. The van der Waals surface area contributed by atoms with Crippen molar-refractivity contribution in [1.29, 1.82) is 0 Å². The zero-order valence-corrected chi connectivity index (χ0v) is 15.2. The van der Waals surface area contributed by atoms with Crippen LogP contribution in [0, 0.1) is 0 Å². The van der Waals surface area contributed by atoms with E-state index in [9.17, 15) is 4.79 Å². The summed E-state index contributed by atoms with van der Waals surface area (Å²) in [6.45, 7) is 0.956. The molecule has 7 heteroatoms. The molecule has 2 aromatic carbocycles.